The molecule has 2 aromatic carbocycles. The number of anilines is 2. The van der Waals surface area contributed by atoms with Gasteiger partial charge in [-0.25, -0.2) is 22.2 Å². The molecule has 1 amide bonds. The highest BCUT2D eigenvalue weighted by Crippen LogP contribution is 2.68. The van der Waals surface area contributed by atoms with Crippen LogP contribution >= 0.6 is 11.6 Å². The van der Waals surface area contributed by atoms with Gasteiger partial charge in [0.2, 0.25) is 11.8 Å². The third-order valence-electron chi connectivity index (χ3n) is 12.0. The predicted octanol–water partition coefficient (Wildman–Crippen LogP) is 8.15. The molecule has 4 aromatic heterocycles. The van der Waals surface area contributed by atoms with Crippen LogP contribution in [-0.2, 0) is 52.3 Å². The smallest absolute Gasteiger partial charge is 0.405 e. The minimum atomic E-state index is -5.11. The van der Waals surface area contributed by atoms with Gasteiger partial charge in [0.05, 0.1) is 32.9 Å². The molecule has 2 saturated carbocycles. The summed E-state index contributed by atoms with van der Waals surface area (Å²) < 4.78 is 136. The number of carbonyl (C=O) groups excluding carboxylic acids is 1. The molecule has 14 nitrogen and oxygen atoms in total. The molecule has 0 aliphatic heterocycles. The van der Waals surface area contributed by atoms with Gasteiger partial charge in [-0.1, -0.05) is 28.7 Å². The standard InChI is InChI=1S/C44H39ClF7N9O5S/c1-41(2,67(64,65)24-7-8-24)13-12-23-6-9-25(26-10-11-29(45)33-35(26)60(5)59-38(33)55-40-57-56-39(66-40)42(3,4)63)34(53-23)30(16-20-14-21(46)17-22(47)15-20)54-31(62)19-61-37-32(36(58-61)44(50,51)52)27-18-28(27)43(37,48)49/h6,9-11,14-15,17,24,27-28,30,63H,7-8,16,18-19H2,1-5H3,(H,54,62)(H,55,57,59)/t27-,28?,30-/m0/s1. The SMILES string of the molecule is Cn1nc(Nc2nnc(C(C)(C)O)o2)c2c(Cl)ccc(-c3ccc(C#CC(C)(C)S(=O)(=O)C4CC4)nc3[C@H](Cc3cc(F)cc(F)c3)NC(=O)Cn3nc(C(F)(F)F)c4c3C(F)(F)C3C[C@H]43)c21. The number of hydrogen-bond acceptors (Lipinski definition) is 11. The number of benzene rings is 2. The molecule has 3 N–H and O–H groups in total. The number of amides is 1. The maximum atomic E-state index is 15.6. The fourth-order valence-corrected chi connectivity index (χ4v) is 10.6. The van der Waals surface area contributed by atoms with Crippen LogP contribution in [0.25, 0.3) is 22.0 Å². The Morgan fingerprint density at radius 1 is 1.03 bits per heavy atom. The molecule has 0 saturated heterocycles. The Hall–Kier alpha value is -6.05. The maximum absolute atomic E-state index is 15.6. The lowest BCUT2D eigenvalue weighted by atomic mass is 9.93. The number of nitrogens with zero attached hydrogens (tertiary/aromatic N) is 7. The number of aromatic nitrogens is 7. The molecule has 3 atom stereocenters. The van der Waals surface area contributed by atoms with Gasteiger partial charge in [0, 0.05) is 35.7 Å². The van der Waals surface area contributed by atoms with E-state index in [1.807, 2.05) is 0 Å². The number of pyridine rings is 1. The zero-order chi connectivity index (χ0) is 48.3. The van der Waals surface area contributed by atoms with Gasteiger partial charge in [0.25, 0.3) is 5.92 Å². The van der Waals surface area contributed by atoms with E-state index < -0.39 is 103 Å². The second-order valence-electron chi connectivity index (χ2n) is 18.0. The van der Waals surface area contributed by atoms with Crippen LogP contribution < -0.4 is 10.6 Å². The second-order valence-corrected chi connectivity index (χ2v) is 21.1. The Labute approximate surface area is 382 Å². The number of fused-ring (bicyclic) bond motifs is 4. The zero-order valence-electron chi connectivity index (χ0n) is 36.0. The largest absolute Gasteiger partial charge is 0.435 e. The first-order chi connectivity index (χ1) is 31.2. The normalized spacial score (nSPS) is 18.3. The van der Waals surface area contributed by atoms with E-state index >= 15 is 8.78 Å². The number of carbonyl (C=O) groups is 1. The number of aryl methyl sites for hydroxylation is 1. The summed E-state index contributed by atoms with van der Waals surface area (Å²) in [6.07, 6.45) is -4.73. The van der Waals surface area contributed by atoms with E-state index in [9.17, 15) is 40.3 Å². The van der Waals surface area contributed by atoms with Crippen molar-refractivity contribution in [2.45, 2.75) is 99.6 Å². The van der Waals surface area contributed by atoms with Crippen molar-refractivity contribution in [2.24, 2.45) is 13.0 Å². The molecule has 2 fully saturated rings. The van der Waals surface area contributed by atoms with Crippen molar-refractivity contribution < 1.29 is 53.5 Å². The maximum Gasteiger partial charge on any atom is 0.435 e. The van der Waals surface area contributed by atoms with Gasteiger partial charge in [-0.2, -0.15) is 32.1 Å². The number of hydrogen-bond donors (Lipinski definition) is 3. The molecular formula is C44H39ClF7N9O5S. The summed E-state index contributed by atoms with van der Waals surface area (Å²) in [6.45, 7) is 4.67. The lowest BCUT2D eigenvalue weighted by Crippen LogP contribution is -2.35. The van der Waals surface area contributed by atoms with Crippen LogP contribution in [-0.4, -0.2) is 64.2 Å². The number of nitrogens with one attached hydrogen (secondary N) is 2. The van der Waals surface area contributed by atoms with Gasteiger partial charge < -0.3 is 14.8 Å². The van der Waals surface area contributed by atoms with Crippen molar-refractivity contribution >= 4 is 50.1 Å². The molecule has 9 rings (SSSR count). The summed E-state index contributed by atoms with van der Waals surface area (Å²) >= 11 is 6.80. The molecule has 6 aromatic rings. The zero-order valence-corrected chi connectivity index (χ0v) is 37.6. The summed E-state index contributed by atoms with van der Waals surface area (Å²) in [5, 5.41) is 31.7. The van der Waals surface area contributed by atoms with Crippen molar-refractivity contribution in [1.82, 2.24) is 40.1 Å². The summed E-state index contributed by atoms with van der Waals surface area (Å²) in [4.78, 5) is 19.0. The van der Waals surface area contributed by atoms with E-state index in [1.54, 1.807) is 19.2 Å². The lowest BCUT2D eigenvalue weighted by Gasteiger charge is -2.23. The highest BCUT2D eigenvalue weighted by Gasteiger charge is 2.68. The topological polar surface area (TPSA) is 183 Å². The van der Waals surface area contributed by atoms with Gasteiger partial charge in [-0.15, -0.1) is 5.10 Å². The van der Waals surface area contributed by atoms with Gasteiger partial charge in [-0.05, 0) is 101 Å². The molecule has 23 heteroatoms. The van der Waals surface area contributed by atoms with Crippen LogP contribution in [0.4, 0.5) is 42.6 Å². The first-order valence-corrected chi connectivity index (χ1v) is 22.7. The van der Waals surface area contributed by atoms with Crippen molar-refractivity contribution in [3.05, 3.63) is 98.9 Å². The van der Waals surface area contributed by atoms with Crippen molar-refractivity contribution in [3.63, 3.8) is 0 Å². The number of alkyl halides is 5. The molecule has 0 bridgehead atoms. The van der Waals surface area contributed by atoms with Crippen LogP contribution in [0.15, 0.2) is 46.9 Å². The Kier molecular flexibility index (Phi) is 10.8. The van der Waals surface area contributed by atoms with Crippen molar-refractivity contribution in [3.8, 4) is 23.0 Å². The van der Waals surface area contributed by atoms with E-state index in [2.05, 4.69) is 42.9 Å². The monoisotopic (exact) mass is 973 g/mol. The van der Waals surface area contributed by atoms with E-state index in [1.165, 1.54) is 44.5 Å². The van der Waals surface area contributed by atoms with E-state index in [0.29, 0.717) is 40.1 Å². The van der Waals surface area contributed by atoms with Gasteiger partial charge >= 0.3 is 12.2 Å². The van der Waals surface area contributed by atoms with Crippen LogP contribution in [0.3, 0.4) is 0 Å². The van der Waals surface area contributed by atoms with Crippen LogP contribution in [0.2, 0.25) is 5.02 Å². The first kappa shape index (κ1) is 46.1. The summed E-state index contributed by atoms with van der Waals surface area (Å²) in [6, 6.07) is 7.11. The molecule has 67 heavy (non-hydrogen) atoms. The summed E-state index contributed by atoms with van der Waals surface area (Å²) in [5.74, 6) is -3.61. The summed E-state index contributed by atoms with van der Waals surface area (Å²) in [7, 11) is -2.13. The van der Waals surface area contributed by atoms with Gasteiger partial charge in [0.1, 0.15) is 39.9 Å². The number of halogens is 8. The third-order valence-corrected chi connectivity index (χ3v) is 15.2. The van der Waals surface area contributed by atoms with E-state index in [-0.39, 0.29) is 51.7 Å². The second kappa shape index (κ2) is 15.8. The third kappa shape index (κ3) is 8.39. The Balaban J connectivity index is 1.19. The first-order valence-electron chi connectivity index (χ1n) is 20.8. The molecule has 1 unspecified atom stereocenters. The highest BCUT2D eigenvalue weighted by atomic mass is 35.5. The quantitative estimate of drug-likeness (QED) is 0.0795. The minimum absolute atomic E-state index is 0.0161. The number of rotatable bonds is 12. The molecule has 3 aliphatic rings. The van der Waals surface area contributed by atoms with E-state index in [0.717, 1.165) is 12.1 Å². The Morgan fingerprint density at radius 2 is 1.72 bits per heavy atom. The minimum Gasteiger partial charge on any atom is -0.405 e. The van der Waals surface area contributed by atoms with Crippen molar-refractivity contribution in [1.29, 1.82) is 0 Å². The van der Waals surface area contributed by atoms with Crippen LogP contribution in [0.1, 0.15) is 98.7 Å². The van der Waals surface area contributed by atoms with Gasteiger partial charge in [0.15, 0.2) is 21.3 Å². The molecule has 3 aliphatic carbocycles. The molecule has 4 heterocycles. The average molecular weight is 974 g/mol. The number of aliphatic hydroxyl groups is 1. The molecule has 0 radical (unpaired) electrons. The molecule has 352 valence electrons. The summed E-state index contributed by atoms with van der Waals surface area (Å²) in [5.41, 5.74) is -3.85. The number of sulfone groups is 1. The highest BCUT2D eigenvalue weighted by molar-refractivity contribution is 7.93. The fraction of sp³-hybridized carbons (Fsp3) is 0.409. The molecule has 0 spiro atoms. The van der Waals surface area contributed by atoms with E-state index in [4.69, 9.17) is 21.0 Å². The molecular weight excluding hydrogens is 935 g/mol. The lowest BCUT2D eigenvalue weighted by molar-refractivity contribution is -0.142. The average Bonchev–Trinajstić information content (AvgIpc) is 4.10. The predicted molar refractivity (Wildman–Crippen MR) is 228 cm³/mol. The fourth-order valence-electron chi connectivity index (χ4n) is 8.57. The van der Waals surface area contributed by atoms with Crippen molar-refractivity contribution in [2.75, 3.05) is 5.32 Å². The van der Waals surface area contributed by atoms with Crippen LogP contribution in [0, 0.1) is 29.4 Å². The Morgan fingerprint density at radius 3 is 2.36 bits per heavy atom. The van der Waals surface area contributed by atoms with Crippen LogP contribution in [0.5, 0.6) is 0 Å². The Bertz CT molecular complexity index is 3180. The van der Waals surface area contributed by atoms with Gasteiger partial charge in [-0.3, -0.25) is 19.5 Å².